The first-order chi connectivity index (χ1) is 14.9. The largest absolute Gasteiger partial charge is 0.468 e. The smallest absolute Gasteiger partial charge is 0.240 e. The van der Waals surface area contributed by atoms with Crippen molar-refractivity contribution in [1.82, 2.24) is 9.62 Å². The van der Waals surface area contributed by atoms with E-state index in [1.54, 1.807) is 48.7 Å². The third-order valence-corrected chi connectivity index (χ3v) is 7.38. The van der Waals surface area contributed by atoms with Crippen LogP contribution < -0.4 is 9.62 Å². The van der Waals surface area contributed by atoms with Crippen LogP contribution in [0, 0.1) is 5.82 Å². The second-order valence-corrected chi connectivity index (χ2v) is 9.99. The Morgan fingerprint density at radius 3 is 2.35 bits per heavy atom. The summed E-state index contributed by atoms with van der Waals surface area (Å²) in [7, 11) is -3.66. The highest BCUT2D eigenvalue weighted by Crippen LogP contribution is 2.26. The molecule has 9 heteroatoms. The molecule has 0 aliphatic carbocycles. The number of benzene rings is 2. The van der Waals surface area contributed by atoms with Crippen LogP contribution in [0.25, 0.3) is 0 Å². The molecule has 1 aliphatic heterocycles. The van der Waals surface area contributed by atoms with E-state index in [4.69, 9.17) is 4.42 Å². The third-order valence-electron chi connectivity index (χ3n) is 5.41. The summed E-state index contributed by atoms with van der Waals surface area (Å²) < 4.78 is 48.8. The maximum atomic E-state index is 14.1. The molecule has 1 aliphatic rings. The van der Waals surface area contributed by atoms with Crippen molar-refractivity contribution in [3.63, 3.8) is 0 Å². The lowest BCUT2D eigenvalue weighted by atomic mass is 10.1. The fraction of sp³-hybridized carbons (Fsp3) is 0.273. The second kappa shape index (κ2) is 9.52. The molecular formula is C22H23BrFN3O3S. The van der Waals surface area contributed by atoms with Crippen LogP contribution in [-0.2, 0) is 10.0 Å². The van der Waals surface area contributed by atoms with Crippen molar-refractivity contribution in [2.45, 2.75) is 10.9 Å². The van der Waals surface area contributed by atoms with Gasteiger partial charge in [0.15, 0.2) is 0 Å². The van der Waals surface area contributed by atoms with E-state index in [0.29, 0.717) is 37.6 Å². The number of sulfonamides is 1. The predicted octanol–water partition coefficient (Wildman–Crippen LogP) is 4.02. The number of anilines is 1. The average Bonchev–Trinajstić information content (AvgIpc) is 3.30. The van der Waals surface area contributed by atoms with Crippen LogP contribution in [0.5, 0.6) is 0 Å². The van der Waals surface area contributed by atoms with Gasteiger partial charge < -0.3 is 9.32 Å². The third kappa shape index (κ3) is 5.17. The van der Waals surface area contributed by atoms with Crippen LogP contribution in [0.1, 0.15) is 11.8 Å². The number of halogens is 2. The molecule has 0 saturated carbocycles. The van der Waals surface area contributed by atoms with Gasteiger partial charge in [0.2, 0.25) is 10.0 Å². The Kier molecular flexibility index (Phi) is 6.76. The molecule has 6 nitrogen and oxygen atoms in total. The number of hydrogen-bond acceptors (Lipinski definition) is 5. The molecule has 0 radical (unpaired) electrons. The van der Waals surface area contributed by atoms with E-state index >= 15 is 0 Å². The molecule has 164 valence electrons. The Hall–Kier alpha value is -2.20. The van der Waals surface area contributed by atoms with Gasteiger partial charge in [0.25, 0.3) is 0 Å². The zero-order valence-electron chi connectivity index (χ0n) is 16.7. The minimum atomic E-state index is -3.66. The van der Waals surface area contributed by atoms with Crippen LogP contribution in [0.15, 0.2) is 80.7 Å². The van der Waals surface area contributed by atoms with Crippen molar-refractivity contribution in [1.29, 1.82) is 0 Å². The fourth-order valence-electron chi connectivity index (χ4n) is 3.76. The lowest BCUT2D eigenvalue weighted by molar-refractivity contribution is 0.166. The number of furan rings is 1. The van der Waals surface area contributed by atoms with Crippen LogP contribution in [0.2, 0.25) is 0 Å². The van der Waals surface area contributed by atoms with Crippen molar-refractivity contribution >= 4 is 31.6 Å². The average molecular weight is 508 g/mol. The molecular weight excluding hydrogens is 485 g/mol. The Morgan fingerprint density at radius 2 is 1.71 bits per heavy atom. The molecule has 2 aromatic carbocycles. The predicted molar refractivity (Wildman–Crippen MR) is 121 cm³/mol. The van der Waals surface area contributed by atoms with Gasteiger partial charge in [-0.3, -0.25) is 4.90 Å². The van der Waals surface area contributed by atoms with E-state index in [-0.39, 0.29) is 23.3 Å². The second-order valence-electron chi connectivity index (χ2n) is 7.31. The summed E-state index contributed by atoms with van der Waals surface area (Å²) in [6.45, 7) is 2.75. The molecule has 1 fully saturated rings. The first-order valence-corrected chi connectivity index (χ1v) is 12.2. The van der Waals surface area contributed by atoms with Gasteiger partial charge in [-0.25, -0.2) is 17.5 Å². The monoisotopic (exact) mass is 507 g/mol. The molecule has 1 atom stereocenters. The van der Waals surface area contributed by atoms with Gasteiger partial charge in [-0.2, -0.15) is 0 Å². The molecule has 3 aromatic rings. The first kappa shape index (κ1) is 22.0. The Balaban J connectivity index is 1.46. The summed E-state index contributed by atoms with van der Waals surface area (Å²) in [4.78, 5) is 4.38. The van der Waals surface area contributed by atoms with E-state index in [1.807, 2.05) is 17.0 Å². The molecule has 1 aromatic heterocycles. The molecule has 1 saturated heterocycles. The molecule has 1 unspecified atom stereocenters. The molecule has 31 heavy (non-hydrogen) atoms. The Morgan fingerprint density at radius 1 is 1.00 bits per heavy atom. The molecule has 0 bridgehead atoms. The zero-order valence-corrected chi connectivity index (χ0v) is 19.1. The number of para-hydroxylation sites is 1. The van der Waals surface area contributed by atoms with Gasteiger partial charge in [0, 0.05) is 37.2 Å². The van der Waals surface area contributed by atoms with Crippen LogP contribution >= 0.6 is 15.9 Å². The summed E-state index contributed by atoms with van der Waals surface area (Å²) in [5, 5.41) is 0. The van der Waals surface area contributed by atoms with E-state index < -0.39 is 10.0 Å². The highest BCUT2D eigenvalue weighted by atomic mass is 79.9. The molecule has 1 N–H and O–H groups in total. The summed E-state index contributed by atoms with van der Waals surface area (Å²) in [5.41, 5.74) is 0.590. The maximum absolute atomic E-state index is 14.1. The zero-order chi connectivity index (χ0) is 21.8. The highest BCUT2D eigenvalue weighted by molar-refractivity contribution is 9.10. The first-order valence-electron chi connectivity index (χ1n) is 9.96. The lowest BCUT2D eigenvalue weighted by Gasteiger charge is -2.39. The van der Waals surface area contributed by atoms with Gasteiger partial charge in [-0.1, -0.05) is 28.1 Å². The van der Waals surface area contributed by atoms with Gasteiger partial charge in [0.1, 0.15) is 11.6 Å². The van der Waals surface area contributed by atoms with E-state index in [2.05, 4.69) is 25.6 Å². The van der Waals surface area contributed by atoms with Crippen molar-refractivity contribution < 1.29 is 17.2 Å². The van der Waals surface area contributed by atoms with Gasteiger partial charge in [-0.15, -0.1) is 0 Å². The number of nitrogens with one attached hydrogen (secondary N) is 1. The van der Waals surface area contributed by atoms with Gasteiger partial charge in [-0.05, 0) is 48.5 Å². The maximum Gasteiger partial charge on any atom is 0.240 e. The lowest BCUT2D eigenvalue weighted by Crippen LogP contribution is -2.50. The summed E-state index contributed by atoms with van der Waals surface area (Å²) in [5.74, 6) is 0.457. The minimum Gasteiger partial charge on any atom is -0.468 e. The van der Waals surface area contributed by atoms with E-state index in [9.17, 15) is 12.8 Å². The van der Waals surface area contributed by atoms with Crippen LogP contribution in [0.4, 0.5) is 10.1 Å². The quantitative estimate of drug-likeness (QED) is 0.523. The topological polar surface area (TPSA) is 65.8 Å². The fourth-order valence-corrected chi connectivity index (χ4v) is 5.06. The summed E-state index contributed by atoms with van der Waals surface area (Å²) >= 11 is 3.32. The minimum absolute atomic E-state index is 0.172. The Bertz CT molecular complexity index is 1100. The number of nitrogens with zero attached hydrogens (tertiary/aromatic N) is 2. The van der Waals surface area contributed by atoms with E-state index in [1.165, 1.54) is 6.07 Å². The van der Waals surface area contributed by atoms with Gasteiger partial charge in [0.05, 0.1) is 22.9 Å². The van der Waals surface area contributed by atoms with E-state index in [0.717, 1.165) is 4.47 Å². The van der Waals surface area contributed by atoms with Crippen molar-refractivity contribution in [3.05, 3.63) is 83.0 Å². The Labute approximate surface area is 189 Å². The normalized spacial score (nSPS) is 16.4. The van der Waals surface area contributed by atoms with Crippen LogP contribution in [-0.4, -0.2) is 46.0 Å². The molecule has 2 heterocycles. The summed E-state index contributed by atoms with van der Waals surface area (Å²) in [6, 6.07) is 16.6. The van der Waals surface area contributed by atoms with Crippen molar-refractivity contribution in [3.8, 4) is 0 Å². The molecule has 4 rings (SSSR count). The molecule has 0 spiro atoms. The van der Waals surface area contributed by atoms with Crippen molar-refractivity contribution in [2.75, 3.05) is 37.6 Å². The molecule has 0 amide bonds. The van der Waals surface area contributed by atoms with Crippen LogP contribution in [0.3, 0.4) is 0 Å². The number of rotatable bonds is 7. The highest BCUT2D eigenvalue weighted by Gasteiger charge is 2.29. The van der Waals surface area contributed by atoms with Crippen molar-refractivity contribution in [2.24, 2.45) is 0 Å². The SMILES string of the molecule is O=S(=O)(NCC(c1ccco1)N1CCN(c2ccccc2F)CC1)c1ccc(Br)cc1. The van der Waals surface area contributed by atoms with Gasteiger partial charge >= 0.3 is 0 Å². The standard InChI is InChI=1S/C22H23BrFN3O3S/c23-17-7-9-18(10-8-17)31(28,29)25-16-21(22-6-3-15-30-22)27-13-11-26(12-14-27)20-5-2-1-4-19(20)24/h1-10,15,21,25H,11-14,16H2. The number of hydrogen-bond donors (Lipinski definition) is 1. The summed E-state index contributed by atoms with van der Waals surface area (Å²) in [6.07, 6.45) is 1.58. The number of piperazine rings is 1.